The number of piperazine rings is 1. The summed E-state index contributed by atoms with van der Waals surface area (Å²) in [4.78, 5) is 28.0. The summed E-state index contributed by atoms with van der Waals surface area (Å²) in [5.74, 6) is 0.828. The molecule has 0 saturated carbocycles. The quantitative estimate of drug-likeness (QED) is 0.567. The van der Waals surface area contributed by atoms with Gasteiger partial charge in [-0.1, -0.05) is 6.07 Å². The molecule has 3 heterocycles. The summed E-state index contributed by atoms with van der Waals surface area (Å²) >= 11 is 0. The van der Waals surface area contributed by atoms with Crippen molar-refractivity contribution in [2.24, 2.45) is 5.14 Å². The van der Waals surface area contributed by atoms with Crippen molar-refractivity contribution in [1.29, 1.82) is 0 Å². The maximum Gasteiger partial charge on any atom is 0.380 e. The van der Waals surface area contributed by atoms with Gasteiger partial charge in [-0.15, -0.1) is 0 Å². The number of rotatable bonds is 5. The maximum atomic E-state index is 13.2. The van der Waals surface area contributed by atoms with Crippen molar-refractivity contribution >= 4 is 27.8 Å². The number of carbonyl (C=O) groups is 1. The molecule has 1 aromatic heterocycles. The first-order valence-corrected chi connectivity index (χ1v) is 12.8. The van der Waals surface area contributed by atoms with E-state index in [1.165, 1.54) is 0 Å². The van der Waals surface area contributed by atoms with E-state index in [2.05, 4.69) is 19.8 Å². The second kappa shape index (κ2) is 9.51. The molecule has 1 fully saturated rings. The van der Waals surface area contributed by atoms with Crippen LogP contribution in [0.25, 0.3) is 0 Å². The number of fused-ring (bicyclic) bond motifs is 1. The number of aromatic nitrogens is 2. The lowest BCUT2D eigenvalue weighted by Crippen LogP contribution is -2.47. The Kier molecular flexibility index (Phi) is 6.27. The number of benzene rings is 2. The van der Waals surface area contributed by atoms with Gasteiger partial charge in [-0.25, -0.2) is 9.97 Å². The van der Waals surface area contributed by atoms with Crippen LogP contribution in [0.15, 0.2) is 60.9 Å². The fraction of sp³-hybridized carbons (Fsp3) is 0.292. The predicted octanol–water partition coefficient (Wildman–Crippen LogP) is 1.58. The lowest BCUT2D eigenvalue weighted by Gasteiger charge is -2.36. The van der Waals surface area contributed by atoms with Gasteiger partial charge in [-0.2, -0.15) is 13.6 Å². The molecular weight excluding hydrogens is 468 g/mol. The number of nitrogens with two attached hydrogens (primary N) is 1. The molecule has 1 amide bonds. The summed E-state index contributed by atoms with van der Waals surface area (Å²) < 4.78 is 27.2. The zero-order valence-corrected chi connectivity index (χ0v) is 19.9. The van der Waals surface area contributed by atoms with Gasteiger partial charge in [0.05, 0.1) is 0 Å². The third-order valence-corrected chi connectivity index (χ3v) is 6.71. The van der Waals surface area contributed by atoms with E-state index in [9.17, 15) is 13.2 Å². The third-order valence-electron chi connectivity index (χ3n) is 6.28. The SMILES string of the molecule is NS(=O)(=O)Oc1ccc2c(c1)CN(C(=O)c1ccc(N3CCN(c4ncccn4)CC3)cc1)CC2. The fourth-order valence-electron chi connectivity index (χ4n) is 4.51. The molecule has 11 heteroatoms. The highest BCUT2D eigenvalue weighted by Gasteiger charge is 2.24. The second-order valence-corrected chi connectivity index (χ2v) is 9.71. The molecule has 35 heavy (non-hydrogen) atoms. The van der Waals surface area contributed by atoms with E-state index < -0.39 is 10.3 Å². The Hall–Kier alpha value is -3.70. The van der Waals surface area contributed by atoms with E-state index in [4.69, 9.17) is 9.32 Å². The Bertz CT molecular complexity index is 1310. The van der Waals surface area contributed by atoms with Gasteiger partial charge in [0.1, 0.15) is 5.75 Å². The van der Waals surface area contributed by atoms with Crippen molar-refractivity contribution in [3.63, 3.8) is 0 Å². The van der Waals surface area contributed by atoms with Crippen LogP contribution in [0.1, 0.15) is 21.5 Å². The number of nitrogens with zero attached hydrogens (tertiary/aromatic N) is 5. The van der Waals surface area contributed by atoms with Gasteiger partial charge < -0.3 is 18.9 Å². The van der Waals surface area contributed by atoms with Crippen LogP contribution in [0.3, 0.4) is 0 Å². The predicted molar refractivity (Wildman–Crippen MR) is 132 cm³/mol. The topological polar surface area (TPSA) is 122 Å². The molecule has 1 saturated heterocycles. The Balaban J connectivity index is 1.22. The summed E-state index contributed by atoms with van der Waals surface area (Å²) in [5, 5.41) is 4.97. The minimum atomic E-state index is -4.10. The number of carbonyl (C=O) groups excluding carboxylic acids is 1. The lowest BCUT2D eigenvalue weighted by molar-refractivity contribution is 0.0734. The first-order chi connectivity index (χ1) is 16.9. The van der Waals surface area contributed by atoms with E-state index in [-0.39, 0.29) is 11.7 Å². The average molecular weight is 495 g/mol. The molecule has 0 bridgehead atoms. The van der Waals surface area contributed by atoms with Crippen LogP contribution >= 0.6 is 0 Å². The van der Waals surface area contributed by atoms with Gasteiger partial charge in [-0.3, -0.25) is 4.79 Å². The highest BCUT2D eigenvalue weighted by molar-refractivity contribution is 7.84. The number of amides is 1. The van der Waals surface area contributed by atoms with Gasteiger partial charge >= 0.3 is 10.3 Å². The van der Waals surface area contributed by atoms with Gasteiger partial charge in [-0.05, 0) is 60.0 Å². The van der Waals surface area contributed by atoms with Crippen LogP contribution in [0.4, 0.5) is 11.6 Å². The molecule has 2 aromatic carbocycles. The normalized spacial score (nSPS) is 16.1. The van der Waals surface area contributed by atoms with E-state index >= 15 is 0 Å². The van der Waals surface area contributed by atoms with Crippen molar-refractivity contribution in [3.05, 3.63) is 77.6 Å². The molecule has 3 aromatic rings. The summed E-state index contributed by atoms with van der Waals surface area (Å²) in [6.45, 7) is 4.31. The molecule has 0 aliphatic carbocycles. The lowest BCUT2D eigenvalue weighted by atomic mass is 9.99. The second-order valence-electron chi connectivity index (χ2n) is 8.55. The minimum Gasteiger partial charge on any atom is -0.371 e. The summed E-state index contributed by atoms with van der Waals surface area (Å²) in [6.07, 6.45) is 4.19. The zero-order chi connectivity index (χ0) is 24.4. The Morgan fingerprint density at radius 2 is 1.57 bits per heavy atom. The highest BCUT2D eigenvalue weighted by Crippen LogP contribution is 2.26. The molecule has 182 valence electrons. The third kappa shape index (κ3) is 5.36. The molecule has 2 N–H and O–H groups in total. The Labute approximate surface area is 204 Å². The summed E-state index contributed by atoms with van der Waals surface area (Å²) in [5.41, 5.74) is 3.60. The van der Waals surface area contributed by atoms with Crippen LogP contribution < -0.4 is 19.1 Å². The van der Waals surface area contributed by atoms with Crippen molar-refractivity contribution in [2.45, 2.75) is 13.0 Å². The first kappa shape index (κ1) is 23.1. The van der Waals surface area contributed by atoms with E-state index in [0.29, 0.717) is 25.1 Å². The van der Waals surface area contributed by atoms with Gasteiger partial charge in [0.2, 0.25) is 5.95 Å². The minimum absolute atomic E-state index is 0.0639. The van der Waals surface area contributed by atoms with Crippen LogP contribution in [-0.4, -0.2) is 61.9 Å². The molecule has 0 atom stereocenters. The van der Waals surface area contributed by atoms with Crippen molar-refractivity contribution in [2.75, 3.05) is 42.5 Å². The van der Waals surface area contributed by atoms with Crippen LogP contribution in [0, 0.1) is 0 Å². The Morgan fingerprint density at radius 3 is 2.26 bits per heavy atom. The monoisotopic (exact) mass is 494 g/mol. The molecule has 0 unspecified atom stereocenters. The summed E-state index contributed by atoms with van der Waals surface area (Å²) in [6, 6.07) is 14.5. The van der Waals surface area contributed by atoms with Gasteiger partial charge in [0, 0.05) is 62.9 Å². The standard InChI is InChI=1S/C24H26N6O4S/c25-35(32,33)34-22-7-4-18-8-11-30(17-20(18)16-22)23(31)19-2-5-21(6-3-19)28-12-14-29(15-13-28)24-26-9-1-10-27-24/h1-7,9-10,16H,8,11-15,17H2,(H2,25,32,33). The van der Waals surface area contributed by atoms with E-state index in [1.54, 1.807) is 29.4 Å². The maximum absolute atomic E-state index is 13.2. The van der Waals surface area contributed by atoms with Gasteiger partial charge in [0.25, 0.3) is 5.91 Å². The largest absolute Gasteiger partial charge is 0.380 e. The molecular formula is C24H26N6O4S. The molecule has 2 aliphatic heterocycles. The van der Waals surface area contributed by atoms with Crippen molar-refractivity contribution < 1.29 is 17.4 Å². The number of anilines is 2. The van der Waals surface area contributed by atoms with E-state index in [0.717, 1.165) is 48.9 Å². The van der Waals surface area contributed by atoms with Crippen molar-refractivity contribution in [3.8, 4) is 5.75 Å². The molecule has 0 radical (unpaired) electrons. The average Bonchev–Trinajstić information content (AvgIpc) is 2.88. The van der Waals surface area contributed by atoms with Crippen LogP contribution in [-0.2, 0) is 23.3 Å². The molecule has 5 rings (SSSR count). The first-order valence-electron chi connectivity index (χ1n) is 11.4. The van der Waals surface area contributed by atoms with Crippen LogP contribution in [0.5, 0.6) is 5.75 Å². The zero-order valence-electron chi connectivity index (χ0n) is 19.1. The molecule has 0 spiro atoms. The van der Waals surface area contributed by atoms with Crippen molar-refractivity contribution in [1.82, 2.24) is 14.9 Å². The number of hydrogen-bond donors (Lipinski definition) is 1. The number of hydrogen-bond acceptors (Lipinski definition) is 8. The smallest absolute Gasteiger partial charge is 0.371 e. The fourth-order valence-corrected chi connectivity index (χ4v) is 4.88. The highest BCUT2D eigenvalue weighted by atomic mass is 32.2. The van der Waals surface area contributed by atoms with Crippen LogP contribution in [0.2, 0.25) is 0 Å². The molecule has 2 aliphatic rings. The van der Waals surface area contributed by atoms with Gasteiger partial charge in [0.15, 0.2) is 0 Å². The Morgan fingerprint density at radius 1 is 0.886 bits per heavy atom. The molecule has 10 nitrogen and oxygen atoms in total. The van der Waals surface area contributed by atoms with E-state index in [1.807, 2.05) is 36.4 Å². The summed E-state index contributed by atoms with van der Waals surface area (Å²) in [7, 11) is -4.10.